The van der Waals surface area contributed by atoms with Crippen molar-refractivity contribution in [2.45, 2.75) is 118 Å². The van der Waals surface area contributed by atoms with Crippen molar-refractivity contribution in [3.05, 3.63) is 308 Å². The standard InChI is InChI=1S/C34H35ClN4O4.C27H29ClN4O4.C12H11NO3.C11H9NO3.C3H4O/c1-2-3-16-39-29(33(35)36-34(39)27-12-8-5-9-13-27)23-38(21-26-14-15-30-31(19-26)41-18-17-40-30)22-28-20-32(37-43-28)42-24-25-10-6-4-7-11-25;1-2-3-11-32-22(26(28)29-27(32)20-7-5-4-6-8-20)18-31(17-21-15-25(33)30-36-21)16-19-9-10-23-24(14-19)35-13-12-34-23;14-7-6-11-8-12(13-16-11)15-9-10-4-2-1-3-5-10;13-7-10-6-11(12-15-10)14-8-9-4-2-1-3-5-9;1-2-3-4/h4-15,19-20H,2-3,16-18,21-24H2,1H3;4-10,14-15H,2-3,11-13,16-18H2,1H3,(H,30,33);1-5,7-8H,6,9H2;1-7H,8H2;2-3H,1H2. The Morgan fingerprint density at radius 1 is 0.465 bits per heavy atom. The van der Waals surface area contributed by atoms with E-state index in [9.17, 15) is 14.4 Å². The molecule has 7 aromatic carbocycles. The number of unbranched alkanes of at least 4 members (excludes halogenated alkanes) is 2. The van der Waals surface area contributed by atoms with Gasteiger partial charge in [0.2, 0.25) is 5.76 Å². The van der Waals surface area contributed by atoms with Gasteiger partial charge in [0.25, 0.3) is 23.2 Å². The van der Waals surface area contributed by atoms with E-state index in [1.807, 2.05) is 176 Å². The summed E-state index contributed by atoms with van der Waals surface area (Å²) in [6, 6.07) is 68.2. The van der Waals surface area contributed by atoms with Crippen molar-refractivity contribution in [3.63, 3.8) is 0 Å². The molecule has 2 aliphatic heterocycles. The van der Waals surface area contributed by atoms with E-state index in [2.05, 4.69) is 82.7 Å². The highest BCUT2D eigenvalue weighted by atomic mass is 35.5. The maximum absolute atomic E-state index is 11.7. The fraction of sp³-hybridized carbons (Fsp3) is 0.253. The number of carbonyl (C=O) groups is 3. The molecular weight excluding hydrogens is 1500 g/mol. The van der Waals surface area contributed by atoms with Gasteiger partial charge in [0.15, 0.2) is 51.1 Å². The molecule has 15 rings (SSSR count). The van der Waals surface area contributed by atoms with Gasteiger partial charge in [-0.3, -0.25) is 24.2 Å². The number of halogens is 2. The molecule has 590 valence electrons. The van der Waals surface area contributed by atoms with Crippen LogP contribution in [-0.2, 0) is 88.2 Å². The first-order chi connectivity index (χ1) is 55.9. The van der Waals surface area contributed by atoms with Crippen molar-refractivity contribution >= 4 is 42.1 Å². The van der Waals surface area contributed by atoms with Crippen LogP contribution in [0.1, 0.15) is 107 Å². The van der Waals surface area contributed by atoms with E-state index in [1.165, 1.54) is 18.2 Å². The number of fused-ring (bicyclic) bond motifs is 2. The molecule has 27 heteroatoms. The molecule has 6 aromatic heterocycles. The summed E-state index contributed by atoms with van der Waals surface area (Å²) >= 11 is 13.6. The fourth-order valence-corrected chi connectivity index (χ4v) is 12.5. The van der Waals surface area contributed by atoms with Crippen molar-refractivity contribution in [2.75, 3.05) is 26.4 Å². The number of rotatable bonds is 33. The van der Waals surface area contributed by atoms with Crippen LogP contribution in [0.25, 0.3) is 22.8 Å². The highest BCUT2D eigenvalue weighted by Gasteiger charge is 2.25. The fourth-order valence-electron chi connectivity index (χ4n) is 12.0. The van der Waals surface area contributed by atoms with Gasteiger partial charge in [0, 0.05) is 68.6 Å². The summed E-state index contributed by atoms with van der Waals surface area (Å²) in [6.45, 7) is 15.7. The Hall–Kier alpha value is -12.6. The first kappa shape index (κ1) is 82.4. The number of imidazole rings is 2. The smallest absolute Gasteiger partial charge is 0.280 e. The van der Waals surface area contributed by atoms with Crippen LogP contribution in [0.15, 0.2) is 248 Å². The predicted molar refractivity (Wildman–Crippen MR) is 429 cm³/mol. The van der Waals surface area contributed by atoms with Crippen molar-refractivity contribution < 1.29 is 65.6 Å². The van der Waals surface area contributed by atoms with Gasteiger partial charge in [-0.05, 0) is 86.5 Å². The van der Waals surface area contributed by atoms with Crippen LogP contribution in [0.2, 0.25) is 10.3 Å². The number of aldehydes is 3. The molecule has 0 radical (unpaired) electrons. The average Bonchev–Trinajstić information content (AvgIpc) is 1.67. The third-order valence-electron chi connectivity index (χ3n) is 17.5. The number of aromatic nitrogens is 8. The SMILES string of the molecule is C=CC=O.CCCCn1c(-c2ccccc2)nc(Cl)c1CN(Cc1ccc2c(c1)OCCO2)Cc1cc(=O)[nH]o1.CCCCn1c(-c2ccccc2)nc(Cl)c1CN(Cc1ccc2c(c1)OCCO2)Cc1cc(OCc2ccccc2)no1.O=CCc1cc(OCc2ccccc2)no1.O=Cc1cc(OCc2ccccc2)no1. The average molecular weight is 1580 g/mol. The van der Waals surface area contributed by atoms with Gasteiger partial charge in [-0.2, -0.15) is 5.16 Å². The second kappa shape index (κ2) is 43.9. The first-order valence-corrected chi connectivity index (χ1v) is 38.0. The summed E-state index contributed by atoms with van der Waals surface area (Å²) in [5.41, 5.74) is 9.00. The van der Waals surface area contributed by atoms with Crippen LogP contribution in [0, 0.1) is 0 Å². The number of nitrogens with zero attached hydrogens (tertiary/aromatic N) is 9. The molecule has 0 atom stereocenters. The zero-order valence-electron chi connectivity index (χ0n) is 63.3. The Morgan fingerprint density at radius 2 is 0.868 bits per heavy atom. The molecule has 1 N–H and O–H groups in total. The predicted octanol–water partition coefficient (Wildman–Crippen LogP) is 17.2. The number of allylic oxidation sites excluding steroid dienone is 1. The molecule has 25 nitrogen and oxygen atoms in total. The molecule has 2 aliphatic rings. The van der Waals surface area contributed by atoms with Crippen LogP contribution in [0.5, 0.6) is 40.6 Å². The first-order valence-electron chi connectivity index (χ1n) is 37.3. The van der Waals surface area contributed by atoms with E-state index in [1.54, 1.807) is 6.07 Å². The minimum atomic E-state index is -0.262. The van der Waals surface area contributed by atoms with E-state index < -0.39 is 0 Å². The number of benzene rings is 7. The van der Waals surface area contributed by atoms with E-state index in [0.29, 0.717) is 143 Å². The van der Waals surface area contributed by atoms with Gasteiger partial charge < -0.3 is 65.2 Å². The molecule has 0 unspecified atom stereocenters. The number of carbonyl (C=O) groups excluding carboxylic acids is 3. The summed E-state index contributed by atoms with van der Waals surface area (Å²) in [5, 5.41) is 14.8. The summed E-state index contributed by atoms with van der Waals surface area (Å²) in [5.74, 6) is 7.86. The third kappa shape index (κ3) is 25.0. The quantitative estimate of drug-likeness (QED) is 0.0295. The van der Waals surface area contributed by atoms with Crippen molar-refractivity contribution in [3.8, 4) is 63.4 Å². The molecule has 0 spiro atoms. The topological polar surface area (TPSA) is 282 Å². The lowest BCUT2D eigenvalue weighted by Crippen LogP contribution is -2.24. The van der Waals surface area contributed by atoms with E-state index in [-0.39, 0.29) is 17.7 Å². The van der Waals surface area contributed by atoms with E-state index in [4.69, 9.17) is 84.7 Å². The molecule has 114 heavy (non-hydrogen) atoms. The lowest BCUT2D eigenvalue weighted by atomic mass is 10.1. The second-order valence-electron chi connectivity index (χ2n) is 26.0. The molecule has 0 saturated carbocycles. The minimum absolute atomic E-state index is 0.165. The Morgan fingerprint density at radius 3 is 1.27 bits per heavy atom. The molecule has 13 aromatic rings. The van der Waals surface area contributed by atoms with E-state index in [0.717, 1.165) is 130 Å². The number of H-pyrrole nitrogens is 1. The Kier molecular flexibility index (Phi) is 31.7. The Balaban J connectivity index is 0.000000160. The molecular formula is C87H88Cl2N10O15. The van der Waals surface area contributed by atoms with Crippen LogP contribution in [0.4, 0.5) is 0 Å². The van der Waals surface area contributed by atoms with Gasteiger partial charge >= 0.3 is 0 Å². The number of hydrogen-bond donors (Lipinski definition) is 1. The monoisotopic (exact) mass is 1580 g/mol. The molecule has 0 aliphatic carbocycles. The summed E-state index contributed by atoms with van der Waals surface area (Å²) in [7, 11) is 0. The molecule has 0 saturated heterocycles. The highest BCUT2D eigenvalue weighted by Crippen LogP contribution is 2.36. The largest absolute Gasteiger partial charge is 0.486 e. The van der Waals surface area contributed by atoms with E-state index >= 15 is 0 Å². The maximum Gasteiger partial charge on any atom is 0.280 e. The second-order valence-corrected chi connectivity index (χ2v) is 26.7. The summed E-state index contributed by atoms with van der Waals surface area (Å²) < 4.78 is 64.8. The molecule has 0 fully saturated rings. The zero-order valence-corrected chi connectivity index (χ0v) is 64.8. The Labute approximate surface area is 669 Å². The summed E-state index contributed by atoms with van der Waals surface area (Å²) in [6.07, 6.45) is 7.55. The molecule has 0 bridgehead atoms. The van der Waals surface area contributed by atoms with Crippen LogP contribution in [-0.4, -0.2) is 94.8 Å². The number of ether oxygens (including phenoxy) is 7. The van der Waals surface area contributed by atoms with Crippen molar-refractivity contribution in [1.82, 2.24) is 49.5 Å². The number of hydrogen-bond acceptors (Lipinski definition) is 22. The minimum Gasteiger partial charge on any atom is -0.486 e. The lowest BCUT2D eigenvalue weighted by Gasteiger charge is -2.24. The number of aromatic amines is 1. The summed E-state index contributed by atoms with van der Waals surface area (Å²) in [4.78, 5) is 55.3. The third-order valence-corrected chi connectivity index (χ3v) is 18.1. The number of nitrogens with one attached hydrogen (secondary N) is 1. The zero-order chi connectivity index (χ0) is 79.5. The van der Waals surface area contributed by atoms with Gasteiger partial charge in [-0.25, -0.2) is 9.97 Å². The Bertz CT molecular complexity index is 5140. The van der Waals surface area contributed by atoms with Crippen LogP contribution in [0.3, 0.4) is 0 Å². The van der Waals surface area contributed by atoms with Gasteiger partial charge in [0.05, 0.1) is 37.0 Å². The highest BCUT2D eigenvalue weighted by molar-refractivity contribution is 6.30. The lowest BCUT2D eigenvalue weighted by molar-refractivity contribution is -0.107. The van der Waals surface area contributed by atoms with Crippen LogP contribution >= 0.6 is 23.2 Å². The maximum atomic E-state index is 11.7. The molecule has 8 heterocycles. The van der Waals surface area contributed by atoms with Crippen LogP contribution < -0.4 is 38.7 Å². The van der Waals surface area contributed by atoms with Gasteiger partial charge in [-0.1, -0.05) is 220 Å². The van der Waals surface area contributed by atoms with Gasteiger partial charge in [-0.15, -0.1) is 0 Å². The molecule has 0 amide bonds. The van der Waals surface area contributed by atoms with Gasteiger partial charge in [0.1, 0.15) is 76.2 Å². The normalized spacial score (nSPS) is 11.7. The van der Waals surface area contributed by atoms with Crippen molar-refractivity contribution in [1.29, 1.82) is 0 Å². The van der Waals surface area contributed by atoms with Crippen molar-refractivity contribution in [2.24, 2.45) is 0 Å².